The van der Waals surface area contributed by atoms with Crippen LogP contribution in [0.25, 0.3) is 0 Å². The molecule has 0 atom stereocenters. The maximum Gasteiger partial charge on any atom is 0.354 e. The smallest absolute Gasteiger partial charge is 0.354 e. The average Bonchev–Trinajstić information content (AvgIpc) is 2.17. The first-order chi connectivity index (χ1) is 7.13. The first-order valence-corrected chi connectivity index (χ1v) is 5.61. The number of esters is 1. The first-order valence-electron chi connectivity index (χ1n) is 5.61. The number of carbonyl (C=O) groups excluding carboxylic acids is 1. The van der Waals surface area contributed by atoms with Crippen molar-refractivity contribution in [2.24, 2.45) is 11.0 Å². The molecule has 0 fully saturated rings. The van der Waals surface area contributed by atoms with E-state index in [0.717, 1.165) is 19.4 Å². The normalized spacial score (nSPS) is 11.7. The first kappa shape index (κ1) is 13.9. The van der Waals surface area contributed by atoms with Crippen molar-refractivity contribution < 1.29 is 9.53 Å². The highest BCUT2D eigenvalue weighted by Gasteiger charge is 2.16. The van der Waals surface area contributed by atoms with Gasteiger partial charge < -0.3 is 10.2 Å². The van der Waals surface area contributed by atoms with Crippen LogP contribution in [0.1, 0.15) is 40.5 Å². The van der Waals surface area contributed by atoms with Gasteiger partial charge in [0.05, 0.1) is 6.61 Å². The van der Waals surface area contributed by atoms with Gasteiger partial charge in [0.2, 0.25) is 0 Å². The highest BCUT2D eigenvalue weighted by atomic mass is 16.5. The predicted molar refractivity (Wildman–Crippen MR) is 61.8 cm³/mol. The van der Waals surface area contributed by atoms with E-state index in [4.69, 9.17) is 4.74 Å². The molecule has 4 nitrogen and oxygen atoms in total. The molecule has 0 aromatic heterocycles. The summed E-state index contributed by atoms with van der Waals surface area (Å²) in [7, 11) is 0. The lowest BCUT2D eigenvalue weighted by Gasteiger charge is -2.09. The Morgan fingerprint density at radius 2 is 2.07 bits per heavy atom. The molecule has 0 amide bonds. The molecule has 0 aliphatic rings. The summed E-state index contributed by atoms with van der Waals surface area (Å²) < 4.78 is 4.91. The Kier molecular flexibility index (Phi) is 7.68. The molecule has 0 rings (SSSR count). The number of unbranched alkanes of at least 4 members (excludes halogenated alkanes) is 1. The largest absolute Gasteiger partial charge is 0.461 e. The molecule has 0 aliphatic heterocycles. The van der Waals surface area contributed by atoms with Crippen LogP contribution in [0.15, 0.2) is 5.10 Å². The van der Waals surface area contributed by atoms with E-state index in [1.807, 2.05) is 13.8 Å². The van der Waals surface area contributed by atoms with Crippen LogP contribution in [-0.2, 0) is 9.53 Å². The summed E-state index contributed by atoms with van der Waals surface area (Å²) in [6.07, 6.45) is 2.16. The van der Waals surface area contributed by atoms with Gasteiger partial charge >= 0.3 is 5.97 Å². The second-order valence-corrected chi connectivity index (χ2v) is 3.63. The van der Waals surface area contributed by atoms with E-state index in [9.17, 15) is 4.79 Å². The molecule has 0 aliphatic carbocycles. The summed E-state index contributed by atoms with van der Waals surface area (Å²) in [6.45, 7) is 8.95. The van der Waals surface area contributed by atoms with Gasteiger partial charge in [-0.25, -0.2) is 4.79 Å². The van der Waals surface area contributed by atoms with Crippen LogP contribution in [0.5, 0.6) is 0 Å². The molecule has 0 heterocycles. The third kappa shape index (κ3) is 6.10. The van der Waals surface area contributed by atoms with E-state index in [0.29, 0.717) is 12.3 Å². The van der Waals surface area contributed by atoms with E-state index in [1.54, 1.807) is 6.92 Å². The summed E-state index contributed by atoms with van der Waals surface area (Å²) in [5.74, 6) is -0.241. The lowest BCUT2D eigenvalue weighted by molar-refractivity contribution is -0.135. The summed E-state index contributed by atoms with van der Waals surface area (Å²) in [5.41, 5.74) is 3.36. The predicted octanol–water partition coefficient (Wildman–Crippen LogP) is 1.95. The lowest BCUT2D eigenvalue weighted by atomic mass is 10.1. The van der Waals surface area contributed by atoms with E-state index >= 15 is 0 Å². The number of ether oxygens (including phenoxy) is 1. The van der Waals surface area contributed by atoms with Gasteiger partial charge in [0.1, 0.15) is 5.71 Å². The fourth-order valence-electron chi connectivity index (χ4n) is 1.01. The summed E-state index contributed by atoms with van der Waals surface area (Å²) >= 11 is 0. The minimum Gasteiger partial charge on any atom is -0.461 e. The zero-order chi connectivity index (χ0) is 11.7. The number of rotatable bonds is 7. The Labute approximate surface area is 92.1 Å². The zero-order valence-electron chi connectivity index (χ0n) is 10.2. The second-order valence-electron chi connectivity index (χ2n) is 3.63. The Morgan fingerprint density at radius 1 is 1.40 bits per heavy atom. The highest BCUT2D eigenvalue weighted by Crippen LogP contribution is 1.99. The van der Waals surface area contributed by atoms with Gasteiger partial charge in [-0.15, -0.1) is 0 Å². The van der Waals surface area contributed by atoms with Crippen molar-refractivity contribution in [2.45, 2.75) is 40.5 Å². The molecule has 0 saturated carbocycles. The molecule has 0 bridgehead atoms. The minimum atomic E-state index is -0.323. The molecule has 0 spiro atoms. The molecule has 88 valence electrons. The number of nitrogens with one attached hydrogen (secondary N) is 1. The summed E-state index contributed by atoms with van der Waals surface area (Å²) in [4.78, 5) is 11.5. The van der Waals surface area contributed by atoms with Crippen LogP contribution < -0.4 is 5.43 Å². The van der Waals surface area contributed by atoms with E-state index in [-0.39, 0.29) is 11.9 Å². The second kappa shape index (κ2) is 8.26. The van der Waals surface area contributed by atoms with Crippen LogP contribution in [0.4, 0.5) is 0 Å². The Bertz CT molecular complexity index is 213. The van der Waals surface area contributed by atoms with Crippen LogP contribution in [0, 0.1) is 5.92 Å². The SMILES string of the molecule is CCCCN/N=C(\C(=O)OCC)C(C)C. The van der Waals surface area contributed by atoms with Crippen LogP contribution in [0.2, 0.25) is 0 Å². The number of hydrogen-bond donors (Lipinski definition) is 1. The Hall–Kier alpha value is -1.06. The van der Waals surface area contributed by atoms with E-state index in [1.165, 1.54) is 0 Å². The molecule has 4 heteroatoms. The fourth-order valence-corrected chi connectivity index (χ4v) is 1.01. The van der Waals surface area contributed by atoms with Gasteiger partial charge in [0, 0.05) is 12.5 Å². The molecule has 1 N–H and O–H groups in total. The van der Waals surface area contributed by atoms with Gasteiger partial charge in [0.15, 0.2) is 0 Å². The fraction of sp³-hybridized carbons (Fsp3) is 0.818. The average molecular weight is 214 g/mol. The minimum absolute atomic E-state index is 0.0816. The maximum atomic E-state index is 11.5. The van der Waals surface area contributed by atoms with Crippen molar-refractivity contribution >= 4 is 11.7 Å². The number of carbonyl (C=O) groups is 1. The van der Waals surface area contributed by atoms with E-state index in [2.05, 4.69) is 17.5 Å². The molecule has 0 radical (unpaired) electrons. The topological polar surface area (TPSA) is 50.7 Å². The molecule has 0 aromatic rings. The van der Waals surface area contributed by atoms with Gasteiger partial charge in [0.25, 0.3) is 0 Å². The van der Waals surface area contributed by atoms with Crippen molar-refractivity contribution in [3.63, 3.8) is 0 Å². The Morgan fingerprint density at radius 3 is 2.53 bits per heavy atom. The van der Waals surface area contributed by atoms with Crippen LogP contribution in [0.3, 0.4) is 0 Å². The van der Waals surface area contributed by atoms with Crippen molar-refractivity contribution in [2.75, 3.05) is 13.2 Å². The van der Waals surface area contributed by atoms with Crippen LogP contribution in [-0.4, -0.2) is 24.8 Å². The zero-order valence-corrected chi connectivity index (χ0v) is 10.2. The van der Waals surface area contributed by atoms with E-state index < -0.39 is 0 Å². The monoisotopic (exact) mass is 214 g/mol. The van der Waals surface area contributed by atoms with Crippen LogP contribution >= 0.6 is 0 Å². The standard InChI is InChI=1S/C11H22N2O2/c1-5-7-8-12-13-10(9(3)4)11(14)15-6-2/h9,12H,5-8H2,1-4H3/b13-10-. The van der Waals surface area contributed by atoms with Gasteiger partial charge in [-0.05, 0) is 13.3 Å². The highest BCUT2D eigenvalue weighted by molar-refractivity contribution is 6.37. The third-order valence-electron chi connectivity index (χ3n) is 1.87. The third-order valence-corrected chi connectivity index (χ3v) is 1.87. The summed E-state index contributed by atoms with van der Waals surface area (Å²) in [5, 5.41) is 4.07. The van der Waals surface area contributed by atoms with Gasteiger partial charge in [-0.3, -0.25) is 0 Å². The van der Waals surface area contributed by atoms with Gasteiger partial charge in [-0.2, -0.15) is 5.10 Å². The molecular formula is C11H22N2O2. The number of nitrogens with zero attached hydrogens (tertiary/aromatic N) is 1. The molecular weight excluding hydrogens is 192 g/mol. The number of hydrogen-bond acceptors (Lipinski definition) is 4. The van der Waals surface area contributed by atoms with Crippen molar-refractivity contribution in [3.8, 4) is 0 Å². The molecule has 0 unspecified atom stereocenters. The van der Waals surface area contributed by atoms with Crippen molar-refractivity contribution in [1.82, 2.24) is 5.43 Å². The van der Waals surface area contributed by atoms with Crippen molar-refractivity contribution in [1.29, 1.82) is 0 Å². The quantitative estimate of drug-likeness (QED) is 0.305. The Balaban J connectivity index is 4.19. The lowest BCUT2D eigenvalue weighted by Crippen LogP contribution is -2.26. The summed E-state index contributed by atoms with van der Waals surface area (Å²) in [6, 6.07) is 0. The maximum absolute atomic E-state index is 11.5. The van der Waals surface area contributed by atoms with Gasteiger partial charge in [-0.1, -0.05) is 27.2 Å². The molecule has 15 heavy (non-hydrogen) atoms. The molecule has 0 aromatic carbocycles. The van der Waals surface area contributed by atoms with Crippen molar-refractivity contribution in [3.05, 3.63) is 0 Å². The molecule has 0 saturated heterocycles. The number of hydrazone groups is 1.